The molecule has 0 radical (unpaired) electrons. The zero-order valence-corrected chi connectivity index (χ0v) is 13.1. The van der Waals surface area contributed by atoms with Gasteiger partial charge in [-0.1, -0.05) is 18.2 Å². The molecule has 2 atom stereocenters. The van der Waals surface area contributed by atoms with Crippen LogP contribution in [-0.4, -0.2) is 18.0 Å². The number of halogens is 1. The number of nitrogens with zero attached hydrogens (tertiary/aromatic N) is 1. The summed E-state index contributed by atoms with van der Waals surface area (Å²) in [6, 6.07) is 9.26. The maximum Gasteiger partial charge on any atom is 0.127 e. The average Bonchev–Trinajstić information content (AvgIpc) is 2.96. The van der Waals surface area contributed by atoms with E-state index in [1.54, 1.807) is 12.1 Å². The van der Waals surface area contributed by atoms with Gasteiger partial charge in [0.2, 0.25) is 0 Å². The van der Waals surface area contributed by atoms with Gasteiger partial charge in [0.05, 0.1) is 0 Å². The average molecular weight is 304 g/mol. The van der Waals surface area contributed by atoms with Gasteiger partial charge in [-0.2, -0.15) is 0 Å². The molecule has 0 fully saturated rings. The summed E-state index contributed by atoms with van der Waals surface area (Å²) < 4.78 is 13.7. The highest BCUT2D eigenvalue weighted by molar-refractivity contribution is 7.10. The number of hydrogen-bond donors (Lipinski definition) is 1. The molecule has 0 spiro atoms. The van der Waals surface area contributed by atoms with Crippen LogP contribution in [0.5, 0.6) is 0 Å². The Balaban J connectivity index is 1.62. The Kier molecular flexibility index (Phi) is 4.38. The molecular formula is C17H21FN2S. The predicted molar refractivity (Wildman–Crippen MR) is 86.0 cm³/mol. The normalized spacial score (nSPS) is 20.2. The fourth-order valence-electron chi connectivity index (χ4n) is 3.10. The molecule has 0 bridgehead atoms. The van der Waals surface area contributed by atoms with Gasteiger partial charge in [0.25, 0.3) is 0 Å². The zero-order valence-electron chi connectivity index (χ0n) is 12.3. The Morgan fingerprint density at radius 1 is 1.38 bits per heavy atom. The highest BCUT2D eigenvalue weighted by atomic mass is 32.1. The van der Waals surface area contributed by atoms with Crippen molar-refractivity contribution in [1.29, 1.82) is 0 Å². The van der Waals surface area contributed by atoms with Gasteiger partial charge in [0.1, 0.15) is 5.82 Å². The summed E-state index contributed by atoms with van der Waals surface area (Å²) in [5, 5.41) is 2.18. The molecule has 2 N–H and O–H groups in total. The Hall–Kier alpha value is -1.23. The first kappa shape index (κ1) is 14.7. The molecule has 0 aliphatic carbocycles. The van der Waals surface area contributed by atoms with Crippen LogP contribution in [0.25, 0.3) is 0 Å². The third-order valence-electron chi connectivity index (χ3n) is 4.44. The summed E-state index contributed by atoms with van der Waals surface area (Å²) in [6.07, 6.45) is 1.90. The van der Waals surface area contributed by atoms with E-state index >= 15 is 0 Å². The number of nitrogens with two attached hydrogens (primary N) is 1. The zero-order chi connectivity index (χ0) is 14.8. The lowest BCUT2D eigenvalue weighted by atomic mass is 9.99. The van der Waals surface area contributed by atoms with E-state index in [1.807, 2.05) is 17.4 Å². The first-order valence-electron chi connectivity index (χ1n) is 7.47. The van der Waals surface area contributed by atoms with Gasteiger partial charge < -0.3 is 5.73 Å². The molecule has 3 rings (SSSR count). The summed E-state index contributed by atoms with van der Waals surface area (Å²) in [5.74, 6) is -0.197. The van der Waals surface area contributed by atoms with E-state index < -0.39 is 0 Å². The lowest BCUT2D eigenvalue weighted by Crippen LogP contribution is -2.35. The van der Waals surface area contributed by atoms with Gasteiger partial charge in [0.15, 0.2) is 0 Å². The molecule has 112 valence electrons. The fraction of sp³-hybridized carbons (Fsp3) is 0.412. The van der Waals surface area contributed by atoms with Crippen molar-refractivity contribution in [2.75, 3.05) is 13.1 Å². The quantitative estimate of drug-likeness (QED) is 0.928. The minimum atomic E-state index is -0.234. The predicted octanol–water partition coefficient (Wildman–Crippen LogP) is 3.90. The van der Waals surface area contributed by atoms with E-state index in [1.165, 1.54) is 16.5 Å². The molecule has 2 aromatic rings. The number of hydrogen-bond acceptors (Lipinski definition) is 3. The van der Waals surface area contributed by atoms with Gasteiger partial charge in [-0.15, -0.1) is 11.3 Å². The monoisotopic (exact) mass is 304 g/mol. The number of rotatable bonds is 4. The number of benzene rings is 1. The van der Waals surface area contributed by atoms with Crippen LogP contribution in [0.3, 0.4) is 0 Å². The van der Waals surface area contributed by atoms with Crippen LogP contribution in [-0.2, 0) is 6.42 Å². The van der Waals surface area contributed by atoms with Crippen LogP contribution < -0.4 is 5.73 Å². The SMILES string of the molecule is CC1c2ccsc2CCN1CCC(N)c1ccccc1F. The van der Waals surface area contributed by atoms with E-state index in [9.17, 15) is 4.39 Å². The van der Waals surface area contributed by atoms with Crippen molar-refractivity contribution in [3.63, 3.8) is 0 Å². The standard InChI is InChI=1S/C17H21FN2S/c1-12-13-8-11-21-17(13)7-10-20(12)9-6-16(19)14-4-2-3-5-15(14)18/h2-5,8,11-12,16H,6-7,9-10,19H2,1H3. The number of fused-ring (bicyclic) bond motifs is 1. The maximum atomic E-state index is 13.7. The van der Waals surface area contributed by atoms with E-state index in [2.05, 4.69) is 23.3 Å². The molecule has 4 heteroatoms. The van der Waals surface area contributed by atoms with Crippen LogP contribution in [0.4, 0.5) is 4.39 Å². The summed E-state index contributed by atoms with van der Waals surface area (Å²) >= 11 is 1.85. The lowest BCUT2D eigenvalue weighted by Gasteiger charge is -2.34. The van der Waals surface area contributed by atoms with Gasteiger partial charge in [0, 0.05) is 35.6 Å². The van der Waals surface area contributed by atoms with Gasteiger partial charge in [-0.05, 0) is 42.8 Å². The van der Waals surface area contributed by atoms with Crippen molar-refractivity contribution in [2.24, 2.45) is 5.73 Å². The van der Waals surface area contributed by atoms with Gasteiger partial charge >= 0.3 is 0 Å². The van der Waals surface area contributed by atoms with E-state index in [4.69, 9.17) is 5.73 Å². The largest absolute Gasteiger partial charge is 0.324 e. The molecule has 2 nitrogen and oxygen atoms in total. The van der Waals surface area contributed by atoms with Crippen molar-refractivity contribution in [3.05, 3.63) is 57.5 Å². The minimum Gasteiger partial charge on any atom is -0.324 e. The molecule has 2 heterocycles. The van der Waals surface area contributed by atoms with Crippen molar-refractivity contribution in [2.45, 2.75) is 31.8 Å². The molecule has 0 saturated heterocycles. The summed E-state index contributed by atoms with van der Waals surface area (Å²) in [7, 11) is 0. The van der Waals surface area contributed by atoms with E-state index in [0.717, 1.165) is 25.9 Å². The van der Waals surface area contributed by atoms with Crippen molar-refractivity contribution >= 4 is 11.3 Å². The Morgan fingerprint density at radius 2 is 2.19 bits per heavy atom. The van der Waals surface area contributed by atoms with Crippen LogP contribution >= 0.6 is 11.3 Å². The third-order valence-corrected chi connectivity index (χ3v) is 5.43. The fourth-order valence-corrected chi connectivity index (χ4v) is 4.07. The van der Waals surface area contributed by atoms with Crippen LogP contribution in [0.2, 0.25) is 0 Å². The van der Waals surface area contributed by atoms with E-state index in [0.29, 0.717) is 11.6 Å². The third kappa shape index (κ3) is 3.03. The summed E-state index contributed by atoms with van der Waals surface area (Å²) in [6.45, 7) is 4.23. The highest BCUT2D eigenvalue weighted by Gasteiger charge is 2.25. The first-order chi connectivity index (χ1) is 10.2. The van der Waals surface area contributed by atoms with Crippen LogP contribution in [0, 0.1) is 5.82 Å². The molecule has 1 aromatic heterocycles. The highest BCUT2D eigenvalue weighted by Crippen LogP contribution is 2.33. The molecule has 1 aliphatic heterocycles. The molecule has 1 aliphatic rings. The second-order valence-corrected chi connectivity index (χ2v) is 6.68. The Labute approximate surface area is 129 Å². The van der Waals surface area contributed by atoms with Crippen LogP contribution in [0.15, 0.2) is 35.7 Å². The van der Waals surface area contributed by atoms with Gasteiger partial charge in [-0.25, -0.2) is 4.39 Å². The van der Waals surface area contributed by atoms with E-state index in [-0.39, 0.29) is 11.9 Å². The number of thiophene rings is 1. The first-order valence-corrected chi connectivity index (χ1v) is 8.35. The molecule has 0 amide bonds. The molecular weight excluding hydrogens is 283 g/mol. The smallest absolute Gasteiger partial charge is 0.127 e. The Bertz CT molecular complexity index is 610. The lowest BCUT2D eigenvalue weighted by molar-refractivity contribution is 0.193. The molecule has 0 saturated carbocycles. The van der Waals surface area contributed by atoms with Crippen LogP contribution in [0.1, 0.15) is 41.4 Å². The topological polar surface area (TPSA) is 29.3 Å². The van der Waals surface area contributed by atoms with Crippen molar-refractivity contribution in [3.8, 4) is 0 Å². The second-order valence-electron chi connectivity index (χ2n) is 5.68. The Morgan fingerprint density at radius 3 is 3.00 bits per heavy atom. The molecule has 21 heavy (non-hydrogen) atoms. The van der Waals surface area contributed by atoms with Crippen molar-refractivity contribution < 1.29 is 4.39 Å². The molecule has 2 unspecified atom stereocenters. The maximum absolute atomic E-state index is 13.7. The summed E-state index contributed by atoms with van der Waals surface area (Å²) in [5.41, 5.74) is 8.24. The summed E-state index contributed by atoms with van der Waals surface area (Å²) in [4.78, 5) is 3.97. The minimum absolute atomic E-state index is 0.197. The van der Waals surface area contributed by atoms with Crippen molar-refractivity contribution in [1.82, 2.24) is 4.90 Å². The van der Waals surface area contributed by atoms with Gasteiger partial charge in [-0.3, -0.25) is 4.90 Å². The second kappa shape index (κ2) is 6.26. The molecule has 1 aromatic carbocycles.